The first-order valence-corrected chi connectivity index (χ1v) is 13.1. The van der Waals surface area contributed by atoms with Crippen molar-refractivity contribution in [2.45, 2.75) is 141 Å². The van der Waals surface area contributed by atoms with Crippen molar-refractivity contribution in [3.05, 3.63) is 0 Å². The first kappa shape index (κ1) is 31.4. The first-order valence-electron chi connectivity index (χ1n) is 13.1. The lowest BCUT2D eigenvalue weighted by molar-refractivity contribution is -0.178. The Kier molecular flexibility index (Phi) is 19.9. The molecule has 0 atom stereocenters. The highest BCUT2D eigenvalue weighted by atomic mass is 16.5. The fourth-order valence-corrected chi connectivity index (χ4v) is 4.14. The molecule has 194 valence electrons. The van der Waals surface area contributed by atoms with Crippen LogP contribution in [0.25, 0.3) is 0 Å². The van der Waals surface area contributed by atoms with Crippen LogP contribution >= 0.6 is 0 Å². The van der Waals surface area contributed by atoms with E-state index in [1.165, 1.54) is 89.9 Å². The van der Waals surface area contributed by atoms with Crippen LogP contribution in [0.4, 0.5) is 0 Å². The van der Waals surface area contributed by atoms with Crippen molar-refractivity contribution in [3.8, 4) is 0 Å². The Bertz CT molecular complexity index is 503. The van der Waals surface area contributed by atoms with E-state index in [0.29, 0.717) is 6.42 Å². The van der Waals surface area contributed by atoms with E-state index in [-0.39, 0.29) is 6.61 Å². The molecule has 33 heavy (non-hydrogen) atoms. The monoisotopic (exact) mass is 472 g/mol. The molecule has 0 aliphatic heterocycles. The van der Waals surface area contributed by atoms with Crippen molar-refractivity contribution >= 4 is 17.9 Å². The van der Waals surface area contributed by atoms with Crippen LogP contribution in [-0.2, 0) is 19.1 Å². The lowest BCUT2D eigenvalue weighted by atomic mass is 9.95. The molecule has 0 aromatic rings. The molecule has 0 fully saturated rings. The maximum Gasteiger partial charge on any atom is 0.337 e. The number of rotatable bonds is 25. The molecular weight excluding hydrogens is 424 g/mol. The second-order valence-corrected chi connectivity index (χ2v) is 9.30. The normalized spacial score (nSPS) is 11.5. The molecule has 0 saturated heterocycles. The van der Waals surface area contributed by atoms with Gasteiger partial charge in [-0.05, 0) is 6.42 Å². The lowest BCUT2D eigenvalue weighted by Crippen LogP contribution is -2.45. The van der Waals surface area contributed by atoms with Crippen molar-refractivity contribution in [1.82, 2.24) is 0 Å². The molecule has 0 rings (SSSR count). The molecule has 7 nitrogen and oxygen atoms in total. The van der Waals surface area contributed by atoms with E-state index in [1.54, 1.807) is 0 Å². The third kappa shape index (κ3) is 18.5. The number of ether oxygens (including phenoxy) is 1. The summed E-state index contributed by atoms with van der Waals surface area (Å²) in [6.45, 7) is 2.30. The third-order valence-corrected chi connectivity index (χ3v) is 6.14. The first-order chi connectivity index (χ1) is 15.8. The topological polar surface area (TPSA) is 121 Å². The molecule has 0 saturated carbocycles. The van der Waals surface area contributed by atoms with Gasteiger partial charge in [0, 0.05) is 6.61 Å². The van der Waals surface area contributed by atoms with Gasteiger partial charge < -0.3 is 20.1 Å². The van der Waals surface area contributed by atoms with Gasteiger partial charge >= 0.3 is 17.9 Å². The van der Waals surface area contributed by atoms with Gasteiger partial charge in [0.1, 0.15) is 0 Å². The zero-order chi connectivity index (χ0) is 24.8. The molecule has 0 spiro atoms. The van der Waals surface area contributed by atoms with Gasteiger partial charge in [-0.25, -0.2) is 4.79 Å². The molecule has 0 amide bonds. The summed E-state index contributed by atoms with van der Waals surface area (Å²) in [5.41, 5.74) is -2.20. The average Bonchev–Trinajstić information content (AvgIpc) is 2.74. The Morgan fingerprint density at radius 2 is 0.848 bits per heavy atom. The van der Waals surface area contributed by atoms with E-state index in [2.05, 4.69) is 6.92 Å². The van der Waals surface area contributed by atoms with Crippen LogP contribution in [0.15, 0.2) is 0 Å². The van der Waals surface area contributed by atoms with Gasteiger partial charge in [0.25, 0.3) is 0 Å². The predicted molar refractivity (Wildman–Crippen MR) is 130 cm³/mol. The minimum Gasteiger partial charge on any atom is -0.481 e. The molecule has 0 radical (unpaired) electrons. The zero-order valence-electron chi connectivity index (χ0n) is 20.8. The summed E-state index contributed by atoms with van der Waals surface area (Å²) in [5, 5.41) is 27.2. The molecule has 0 aliphatic carbocycles. The third-order valence-electron chi connectivity index (χ3n) is 6.14. The molecule has 0 aromatic heterocycles. The van der Waals surface area contributed by atoms with Crippen LogP contribution in [0.1, 0.15) is 135 Å². The fourth-order valence-electron chi connectivity index (χ4n) is 4.14. The number of unbranched alkanes of at least 4 members (excludes halogenated alkanes) is 17. The van der Waals surface area contributed by atoms with Gasteiger partial charge in [-0.1, -0.05) is 116 Å². The van der Waals surface area contributed by atoms with Crippen molar-refractivity contribution in [3.63, 3.8) is 0 Å². The Labute approximate surface area is 200 Å². The average molecular weight is 473 g/mol. The summed E-state index contributed by atoms with van der Waals surface area (Å²) in [6.07, 6.45) is 20.6. The summed E-state index contributed by atoms with van der Waals surface area (Å²) in [4.78, 5) is 33.4. The van der Waals surface area contributed by atoms with Crippen molar-refractivity contribution in [1.29, 1.82) is 0 Å². The number of hydrogen-bond acceptors (Lipinski definition) is 4. The highest BCUT2D eigenvalue weighted by Gasteiger charge is 2.44. The number of aliphatic carboxylic acids is 3. The maximum absolute atomic E-state index is 11.5. The van der Waals surface area contributed by atoms with Crippen LogP contribution in [0.2, 0.25) is 0 Å². The molecule has 0 aromatic carbocycles. The Morgan fingerprint density at radius 1 is 0.545 bits per heavy atom. The summed E-state index contributed by atoms with van der Waals surface area (Å²) < 4.78 is 5.28. The summed E-state index contributed by atoms with van der Waals surface area (Å²) in [7, 11) is 0. The minimum atomic E-state index is -2.20. The second kappa shape index (κ2) is 20.9. The quantitative estimate of drug-likeness (QED) is 0.125. The summed E-state index contributed by atoms with van der Waals surface area (Å²) in [6, 6.07) is 0. The second-order valence-electron chi connectivity index (χ2n) is 9.30. The smallest absolute Gasteiger partial charge is 0.337 e. The highest BCUT2D eigenvalue weighted by molar-refractivity contribution is 5.88. The molecule has 0 unspecified atom stereocenters. The van der Waals surface area contributed by atoms with Crippen molar-refractivity contribution in [2.24, 2.45) is 0 Å². The molecule has 3 N–H and O–H groups in total. The SMILES string of the molecule is CCCCCCCCCCCCCCCCCCCCOC(CC(=O)O)(CC(=O)O)C(=O)O. The summed E-state index contributed by atoms with van der Waals surface area (Å²) in [5.74, 6) is -4.33. The van der Waals surface area contributed by atoms with E-state index in [0.717, 1.165) is 19.3 Å². The lowest BCUT2D eigenvalue weighted by Gasteiger charge is -2.26. The number of carbonyl (C=O) groups is 3. The van der Waals surface area contributed by atoms with E-state index in [4.69, 9.17) is 14.9 Å². The highest BCUT2D eigenvalue weighted by Crippen LogP contribution is 2.23. The zero-order valence-corrected chi connectivity index (χ0v) is 20.8. The summed E-state index contributed by atoms with van der Waals surface area (Å²) >= 11 is 0. The van der Waals surface area contributed by atoms with Crippen LogP contribution in [0, 0.1) is 0 Å². The molecule has 0 aliphatic rings. The van der Waals surface area contributed by atoms with Crippen molar-refractivity contribution < 1.29 is 34.4 Å². The van der Waals surface area contributed by atoms with Crippen LogP contribution in [0.3, 0.4) is 0 Å². The Hall–Kier alpha value is -1.63. The van der Waals surface area contributed by atoms with Gasteiger partial charge in [0.05, 0.1) is 12.8 Å². The van der Waals surface area contributed by atoms with E-state index in [9.17, 15) is 19.5 Å². The number of carboxylic acid groups (broad SMARTS) is 3. The Morgan fingerprint density at radius 3 is 1.12 bits per heavy atom. The Balaban J connectivity index is 3.61. The van der Waals surface area contributed by atoms with Crippen LogP contribution in [-0.4, -0.2) is 45.4 Å². The van der Waals surface area contributed by atoms with Gasteiger partial charge in [0.15, 0.2) is 5.60 Å². The largest absolute Gasteiger partial charge is 0.481 e. The fraction of sp³-hybridized carbons (Fsp3) is 0.885. The number of carboxylic acids is 3. The molecular formula is C26H48O7. The van der Waals surface area contributed by atoms with E-state index < -0.39 is 36.4 Å². The predicted octanol–water partition coefficient (Wildman–Crippen LogP) is 6.82. The van der Waals surface area contributed by atoms with E-state index in [1.807, 2.05) is 0 Å². The minimum absolute atomic E-state index is 0.0472. The van der Waals surface area contributed by atoms with Crippen molar-refractivity contribution in [2.75, 3.05) is 6.61 Å². The van der Waals surface area contributed by atoms with Gasteiger partial charge in [0.2, 0.25) is 0 Å². The van der Waals surface area contributed by atoms with Gasteiger partial charge in [-0.15, -0.1) is 0 Å². The maximum atomic E-state index is 11.5. The molecule has 0 bridgehead atoms. The molecule has 0 heterocycles. The standard InChI is InChI=1S/C26H48O7/c1-2-3-4-5-6-7-8-9-10-11-12-13-14-15-16-17-18-19-20-33-26(25(31)32,21-23(27)28)22-24(29)30/h2-22H2,1H3,(H,27,28)(H,29,30)(H,31,32). The van der Waals surface area contributed by atoms with E-state index >= 15 is 0 Å². The van der Waals surface area contributed by atoms with Gasteiger partial charge in [-0.2, -0.15) is 0 Å². The molecule has 7 heteroatoms. The van der Waals surface area contributed by atoms with Gasteiger partial charge in [-0.3, -0.25) is 9.59 Å². The van der Waals surface area contributed by atoms with Crippen LogP contribution < -0.4 is 0 Å². The number of hydrogen-bond donors (Lipinski definition) is 3. The van der Waals surface area contributed by atoms with Crippen LogP contribution in [0.5, 0.6) is 0 Å².